The maximum absolute atomic E-state index is 13.9. The first kappa shape index (κ1) is 32.9. The maximum atomic E-state index is 13.9. The van der Waals surface area contributed by atoms with Crippen LogP contribution in [0.1, 0.15) is 43.4 Å². The highest BCUT2D eigenvalue weighted by molar-refractivity contribution is 7.92. The van der Waals surface area contributed by atoms with Gasteiger partial charge in [0, 0.05) is 13.1 Å². The zero-order valence-corrected chi connectivity index (χ0v) is 25.1. The quantitative estimate of drug-likeness (QED) is 0.244. The summed E-state index contributed by atoms with van der Waals surface area (Å²) in [5.74, 6) is -1.25. The first-order chi connectivity index (χ1) is 19.8. The predicted molar refractivity (Wildman–Crippen MR) is 157 cm³/mol. The summed E-state index contributed by atoms with van der Waals surface area (Å²) in [5, 5.41) is 2.48. The van der Waals surface area contributed by atoms with Gasteiger partial charge in [-0.25, -0.2) is 8.42 Å². The fourth-order valence-electron chi connectivity index (χ4n) is 4.24. The third-order valence-electron chi connectivity index (χ3n) is 6.58. The molecule has 0 bridgehead atoms. The van der Waals surface area contributed by atoms with E-state index in [1.807, 2.05) is 26.0 Å². The number of halogens is 4. The number of unbranched alkanes of at least 4 members (excludes halogenated alkanes) is 1. The molecule has 0 aliphatic rings. The lowest BCUT2D eigenvalue weighted by Gasteiger charge is -2.32. The molecule has 2 amide bonds. The van der Waals surface area contributed by atoms with Gasteiger partial charge in [0.1, 0.15) is 12.6 Å². The average molecular weight is 624 g/mol. The van der Waals surface area contributed by atoms with Crippen molar-refractivity contribution < 1.29 is 31.2 Å². The highest BCUT2D eigenvalue weighted by Gasteiger charge is 2.36. The number of carbonyl (C=O) groups excluding carboxylic acids is 2. The van der Waals surface area contributed by atoms with Crippen LogP contribution < -0.4 is 9.62 Å². The van der Waals surface area contributed by atoms with Gasteiger partial charge in [-0.15, -0.1) is 0 Å². The molecule has 0 spiro atoms. The molecule has 0 saturated carbocycles. The van der Waals surface area contributed by atoms with E-state index in [4.69, 9.17) is 11.6 Å². The minimum Gasteiger partial charge on any atom is -0.354 e. The Balaban J connectivity index is 2.10. The van der Waals surface area contributed by atoms with Gasteiger partial charge in [-0.05, 0) is 56.2 Å². The van der Waals surface area contributed by atoms with Crippen molar-refractivity contribution in [3.8, 4) is 0 Å². The van der Waals surface area contributed by atoms with Crippen molar-refractivity contribution in [3.63, 3.8) is 0 Å². The Morgan fingerprint density at radius 1 is 1.00 bits per heavy atom. The largest absolute Gasteiger partial charge is 0.416 e. The number of alkyl halides is 3. The zero-order valence-electron chi connectivity index (χ0n) is 23.5. The van der Waals surface area contributed by atoms with E-state index in [1.54, 1.807) is 18.2 Å². The van der Waals surface area contributed by atoms with Crippen molar-refractivity contribution in [2.24, 2.45) is 0 Å². The molecule has 12 heteroatoms. The molecule has 42 heavy (non-hydrogen) atoms. The highest BCUT2D eigenvalue weighted by Crippen LogP contribution is 2.37. The molecule has 7 nitrogen and oxygen atoms in total. The summed E-state index contributed by atoms with van der Waals surface area (Å²) in [6.07, 6.45) is -3.24. The molecule has 3 aromatic carbocycles. The van der Waals surface area contributed by atoms with E-state index >= 15 is 0 Å². The third-order valence-corrected chi connectivity index (χ3v) is 8.68. The number of amides is 2. The summed E-state index contributed by atoms with van der Waals surface area (Å²) in [6, 6.07) is 15.5. The number of benzene rings is 3. The van der Waals surface area contributed by atoms with E-state index < -0.39 is 51.9 Å². The summed E-state index contributed by atoms with van der Waals surface area (Å²) in [5.41, 5.74) is -0.0581. The van der Waals surface area contributed by atoms with Crippen molar-refractivity contribution in [3.05, 3.63) is 94.5 Å². The van der Waals surface area contributed by atoms with Gasteiger partial charge in [0.05, 0.1) is 21.2 Å². The Hall–Kier alpha value is -3.57. The van der Waals surface area contributed by atoms with Crippen molar-refractivity contribution in [2.75, 3.05) is 17.4 Å². The van der Waals surface area contributed by atoms with E-state index in [9.17, 15) is 31.2 Å². The molecule has 0 heterocycles. The molecular formula is C30H33ClF3N3O4S. The van der Waals surface area contributed by atoms with Crippen LogP contribution >= 0.6 is 11.6 Å². The number of hydrogen-bond donors (Lipinski definition) is 1. The molecule has 0 aliphatic carbocycles. The summed E-state index contributed by atoms with van der Waals surface area (Å²) in [4.78, 5) is 27.9. The van der Waals surface area contributed by atoms with Crippen molar-refractivity contribution in [1.29, 1.82) is 0 Å². The van der Waals surface area contributed by atoms with Gasteiger partial charge in [0.25, 0.3) is 10.0 Å². The van der Waals surface area contributed by atoms with E-state index in [0.717, 1.165) is 30.5 Å². The van der Waals surface area contributed by atoms with Gasteiger partial charge in [0.15, 0.2) is 0 Å². The predicted octanol–water partition coefficient (Wildman–Crippen LogP) is 6.20. The molecule has 1 atom stereocenters. The molecule has 3 aromatic rings. The number of rotatable bonds is 12. The monoisotopic (exact) mass is 623 g/mol. The lowest BCUT2D eigenvalue weighted by molar-refractivity contribution is -0.139. The molecule has 0 fully saturated rings. The molecule has 226 valence electrons. The number of sulfonamides is 1. The normalized spacial score (nSPS) is 12.5. The number of aryl methyl sites for hydroxylation is 1. The van der Waals surface area contributed by atoms with E-state index in [1.165, 1.54) is 36.1 Å². The second-order valence-electron chi connectivity index (χ2n) is 9.82. The molecule has 0 saturated heterocycles. The van der Waals surface area contributed by atoms with Crippen LogP contribution in [0.3, 0.4) is 0 Å². The van der Waals surface area contributed by atoms with Gasteiger partial charge < -0.3 is 10.2 Å². The van der Waals surface area contributed by atoms with E-state index in [2.05, 4.69) is 5.32 Å². The van der Waals surface area contributed by atoms with Crippen molar-refractivity contribution in [2.45, 2.75) is 57.3 Å². The smallest absolute Gasteiger partial charge is 0.354 e. The Bertz CT molecular complexity index is 1500. The fourth-order valence-corrected chi connectivity index (χ4v) is 5.95. The van der Waals surface area contributed by atoms with Crippen LogP contribution in [0.15, 0.2) is 77.7 Å². The zero-order chi connectivity index (χ0) is 31.1. The number of carbonyl (C=O) groups is 2. The number of anilines is 1. The minimum atomic E-state index is -4.80. The topological polar surface area (TPSA) is 86.8 Å². The lowest BCUT2D eigenvalue weighted by atomic mass is 10.1. The van der Waals surface area contributed by atoms with Crippen LogP contribution in [0.4, 0.5) is 18.9 Å². The third kappa shape index (κ3) is 8.25. The first-order valence-electron chi connectivity index (χ1n) is 13.3. The Kier molecular flexibility index (Phi) is 11.0. The van der Waals surface area contributed by atoms with Crippen LogP contribution in [0, 0.1) is 6.92 Å². The number of hydrogen-bond acceptors (Lipinski definition) is 4. The summed E-state index contributed by atoms with van der Waals surface area (Å²) < 4.78 is 69.1. The first-order valence-corrected chi connectivity index (χ1v) is 15.1. The molecule has 1 N–H and O–H groups in total. The average Bonchev–Trinajstić information content (AvgIpc) is 2.94. The molecular weight excluding hydrogens is 591 g/mol. The van der Waals surface area contributed by atoms with Crippen LogP contribution in [0.25, 0.3) is 0 Å². The Morgan fingerprint density at radius 3 is 2.31 bits per heavy atom. The number of nitrogens with one attached hydrogen (secondary N) is 1. The number of nitrogens with zero attached hydrogens (tertiary/aromatic N) is 2. The van der Waals surface area contributed by atoms with Crippen LogP contribution in [0.2, 0.25) is 5.02 Å². The molecule has 0 radical (unpaired) electrons. The molecule has 0 unspecified atom stereocenters. The summed E-state index contributed by atoms with van der Waals surface area (Å²) in [6.45, 7) is 4.78. The molecule has 3 rings (SSSR count). The van der Waals surface area contributed by atoms with E-state index in [-0.39, 0.29) is 16.5 Å². The second kappa shape index (κ2) is 14.1. The van der Waals surface area contributed by atoms with Crippen molar-refractivity contribution >= 4 is 39.1 Å². The van der Waals surface area contributed by atoms with Crippen LogP contribution in [-0.2, 0) is 32.3 Å². The molecule has 0 aliphatic heterocycles. The summed E-state index contributed by atoms with van der Waals surface area (Å²) in [7, 11) is -4.58. The van der Waals surface area contributed by atoms with Gasteiger partial charge in [-0.2, -0.15) is 13.2 Å². The second-order valence-corrected chi connectivity index (χ2v) is 12.1. The van der Waals surface area contributed by atoms with Gasteiger partial charge in [0.2, 0.25) is 11.8 Å². The minimum absolute atomic E-state index is 0.0432. The van der Waals surface area contributed by atoms with Gasteiger partial charge in [-0.3, -0.25) is 13.9 Å². The Labute approximate surface area is 249 Å². The van der Waals surface area contributed by atoms with Crippen molar-refractivity contribution in [1.82, 2.24) is 10.2 Å². The Morgan fingerprint density at radius 2 is 1.69 bits per heavy atom. The molecule has 0 aromatic heterocycles. The maximum Gasteiger partial charge on any atom is 0.416 e. The standard InChI is InChI=1S/C30H33ClF3N3O4S/c1-4-5-16-35-29(39)22(3)36(19-23-11-9-10-21(2)17-23)28(38)20-37(42(40,41)25-12-7-6-8-13-25)27-18-24(30(32,33)34)14-15-26(27)31/h6-15,17-18,22H,4-5,16,19-20H2,1-3H3,(H,35,39)/t22-/m0/s1. The van der Waals surface area contributed by atoms with Gasteiger partial charge >= 0.3 is 6.18 Å². The van der Waals surface area contributed by atoms with Crippen LogP contribution in [0.5, 0.6) is 0 Å². The summed E-state index contributed by atoms with van der Waals surface area (Å²) >= 11 is 6.27. The lowest BCUT2D eigenvalue weighted by Crippen LogP contribution is -2.51. The van der Waals surface area contributed by atoms with Crippen LogP contribution in [-0.4, -0.2) is 44.3 Å². The van der Waals surface area contributed by atoms with E-state index in [0.29, 0.717) is 22.5 Å². The SMILES string of the molecule is CCCCNC(=O)[C@H](C)N(Cc1cccc(C)c1)C(=O)CN(c1cc(C(F)(F)F)ccc1Cl)S(=O)(=O)c1ccccc1. The van der Waals surface area contributed by atoms with Gasteiger partial charge in [-0.1, -0.05) is 73.0 Å². The highest BCUT2D eigenvalue weighted by atomic mass is 35.5. The fraction of sp³-hybridized carbons (Fsp3) is 0.333.